The quantitative estimate of drug-likeness (QED) is 0.683. The molecule has 0 spiro atoms. The van der Waals surface area contributed by atoms with E-state index in [-0.39, 0.29) is 0 Å². The summed E-state index contributed by atoms with van der Waals surface area (Å²) in [7, 11) is 3.88. The van der Waals surface area contributed by atoms with Gasteiger partial charge in [0.25, 0.3) is 0 Å². The minimum Gasteiger partial charge on any atom is -0.0888 e. The van der Waals surface area contributed by atoms with Crippen LogP contribution < -0.4 is 0 Å². The molecule has 0 amide bonds. The molecule has 1 aromatic rings. The van der Waals surface area contributed by atoms with E-state index in [1.165, 1.54) is 5.56 Å². The van der Waals surface area contributed by atoms with Crippen molar-refractivity contribution >= 4 is 21.6 Å². The first-order valence-corrected chi connectivity index (χ1v) is 6.74. The Labute approximate surface area is 88.9 Å². The van der Waals surface area contributed by atoms with Crippen LogP contribution in [0.2, 0.25) is 0 Å². The number of benzene rings is 1. The molecule has 0 aliphatic carbocycles. The summed E-state index contributed by atoms with van der Waals surface area (Å²) in [6.45, 7) is 6.74. The predicted molar refractivity (Wildman–Crippen MR) is 65.1 cm³/mol. The summed E-state index contributed by atoms with van der Waals surface area (Å²) in [6, 6.07) is 10.6. The van der Waals surface area contributed by atoms with Crippen LogP contribution in [-0.2, 0) is 5.75 Å². The highest BCUT2D eigenvalue weighted by Gasteiger charge is 2.10. The first-order chi connectivity index (χ1) is 6.08. The van der Waals surface area contributed by atoms with Gasteiger partial charge in [0.2, 0.25) is 0 Å². The molecule has 0 saturated carbocycles. The molecule has 0 nitrogen and oxygen atoms in total. The van der Waals surface area contributed by atoms with Gasteiger partial charge in [0.05, 0.1) is 0 Å². The van der Waals surface area contributed by atoms with Gasteiger partial charge in [-0.1, -0.05) is 72.7 Å². The molecule has 0 saturated heterocycles. The highest BCUT2D eigenvalue weighted by atomic mass is 33.1. The Morgan fingerprint density at radius 1 is 1.08 bits per heavy atom. The molecule has 0 bridgehead atoms. The Morgan fingerprint density at radius 3 is 2.23 bits per heavy atom. The molecule has 1 aromatic carbocycles. The van der Waals surface area contributed by atoms with E-state index < -0.39 is 0 Å². The maximum Gasteiger partial charge on any atom is 0.0288 e. The topological polar surface area (TPSA) is 0 Å². The van der Waals surface area contributed by atoms with E-state index in [1.807, 2.05) is 21.6 Å². The van der Waals surface area contributed by atoms with Gasteiger partial charge in [-0.25, -0.2) is 0 Å². The first kappa shape index (κ1) is 11.0. The molecule has 1 rings (SSSR count). The fraction of sp³-hybridized carbons (Fsp3) is 0.455. The number of hydrogen-bond acceptors (Lipinski definition) is 2. The van der Waals surface area contributed by atoms with Crippen LogP contribution in [-0.4, -0.2) is 4.75 Å². The van der Waals surface area contributed by atoms with Crippen LogP contribution in [0.5, 0.6) is 0 Å². The zero-order valence-corrected chi connectivity index (χ0v) is 10.0. The summed E-state index contributed by atoms with van der Waals surface area (Å²) in [5, 5.41) is 0. The lowest BCUT2D eigenvalue weighted by Gasteiger charge is -2.15. The van der Waals surface area contributed by atoms with Crippen molar-refractivity contribution in [2.45, 2.75) is 31.3 Å². The second kappa shape index (κ2) is 4.97. The van der Waals surface area contributed by atoms with Crippen LogP contribution in [0.4, 0.5) is 0 Å². The molecule has 0 fully saturated rings. The lowest BCUT2D eigenvalue weighted by Crippen LogP contribution is -2.04. The summed E-state index contributed by atoms with van der Waals surface area (Å²) in [6.07, 6.45) is 0. The minimum atomic E-state index is 0.361. The number of hydrogen-bond donors (Lipinski definition) is 0. The normalized spacial score (nSPS) is 11.6. The van der Waals surface area contributed by atoms with E-state index in [1.54, 1.807) is 0 Å². The van der Waals surface area contributed by atoms with Crippen LogP contribution in [0.1, 0.15) is 26.3 Å². The third-order valence-corrected chi connectivity index (χ3v) is 4.65. The molecular weight excluding hydrogens is 196 g/mol. The zero-order valence-electron chi connectivity index (χ0n) is 8.41. The third kappa shape index (κ3) is 5.27. The van der Waals surface area contributed by atoms with Gasteiger partial charge >= 0.3 is 0 Å². The summed E-state index contributed by atoms with van der Waals surface area (Å²) in [5.41, 5.74) is 1.41. The molecule has 0 atom stereocenters. The molecule has 0 N–H and O–H groups in total. The molecule has 72 valence electrons. The van der Waals surface area contributed by atoms with Crippen LogP contribution in [0, 0.1) is 0 Å². The lowest BCUT2D eigenvalue weighted by molar-refractivity contribution is 0.810. The van der Waals surface area contributed by atoms with E-state index >= 15 is 0 Å². The summed E-state index contributed by atoms with van der Waals surface area (Å²) in [5.74, 6) is 1.10. The van der Waals surface area contributed by atoms with E-state index in [2.05, 4.69) is 51.1 Å². The highest BCUT2D eigenvalue weighted by Crippen LogP contribution is 2.36. The molecular formula is C11H16S2. The Balaban J connectivity index is 2.29. The van der Waals surface area contributed by atoms with Crippen molar-refractivity contribution in [2.24, 2.45) is 0 Å². The van der Waals surface area contributed by atoms with Crippen molar-refractivity contribution in [3.63, 3.8) is 0 Å². The summed E-state index contributed by atoms with van der Waals surface area (Å²) in [4.78, 5) is 0. The van der Waals surface area contributed by atoms with E-state index in [0.717, 1.165) is 5.75 Å². The molecule has 0 aromatic heterocycles. The first-order valence-electron chi connectivity index (χ1n) is 4.42. The Kier molecular flexibility index (Phi) is 4.20. The van der Waals surface area contributed by atoms with Crippen molar-refractivity contribution in [3.8, 4) is 0 Å². The largest absolute Gasteiger partial charge is 0.0888 e. The average Bonchev–Trinajstić information content (AvgIpc) is 2.04. The van der Waals surface area contributed by atoms with E-state index in [4.69, 9.17) is 0 Å². The van der Waals surface area contributed by atoms with Crippen molar-refractivity contribution < 1.29 is 0 Å². The fourth-order valence-corrected chi connectivity index (χ4v) is 3.24. The van der Waals surface area contributed by atoms with Gasteiger partial charge < -0.3 is 0 Å². The van der Waals surface area contributed by atoms with Crippen LogP contribution in [0.25, 0.3) is 0 Å². The van der Waals surface area contributed by atoms with E-state index in [0.29, 0.717) is 4.75 Å². The van der Waals surface area contributed by atoms with Crippen molar-refractivity contribution in [2.75, 3.05) is 0 Å². The predicted octanol–water partition coefficient (Wildman–Crippen LogP) is 4.37. The van der Waals surface area contributed by atoms with Crippen LogP contribution in [0.15, 0.2) is 30.3 Å². The van der Waals surface area contributed by atoms with Gasteiger partial charge in [-0.3, -0.25) is 0 Å². The smallest absolute Gasteiger partial charge is 0.0288 e. The van der Waals surface area contributed by atoms with Gasteiger partial charge in [-0.2, -0.15) is 0 Å². The fourth-order valence-electron chi connectivity index (χ4n) is 0.849. The second-order valence-electron chi connectivity index (χ2n) is 3.94. The maximum atomic E-state index is 2.25. The molecule has 0 unspecified atom stereocenters. The standard InChI is InChI=1S/C11H16S2/c1-11(2,3)13-12-9-10-7-5-4-6-8-10/h4-8H,9H2,1-3H3. The minimum absolute atomic E-state index is 0.361. The molecule has 0 aliphatic heterocycles. The SMILES string of the molecule is CC(C)(C)SSCc1ccccc1. The molecule has 0 heterocycles. The van der Waals surface area contributed by atoms with E-state index in [9.17, 15) is 0 Å². The zero-order chi connectivity index (χ0) is 9.73. The monoisotopic (exact) mass is 212 g/mol. The van der Waals surface area contributed by atoms with Gasteiger partial charge in [0.15, 0.2) is 0 Å². The molecule has 0 radical (unpaired) electrons. The van der Waals surface area contributed by atoms with Gasteiger partial charge in [0.1, 0.15) is 0 Å². The van der Waals surface area contributed by atoms with Crippen molar-refractivity contribution in [1.29, 1.82) is 0 Å². The summed E-state index contributed by atoms with van der Waals surface area (Å²) < 4.78 is 0.361. The second-order valence-corrected chi connectivity index (χ2v) is 7.07. The Morgan fingerprint density at radius 2 is 1.69 bits per heavy atom. The average molecular weight is 212 g/mol. The third-order valence-electron chi connectivity index (χ3n) is 1.38. The van der Waals surface area contributed by atoms with Crippen molar-refractivity contribution in [1.82, 2.24) is 0 Å². The van der Waals surface area contributed by atoms with Gasteiger partial charge in [0, 0.05) is 10.5 Å². The maximum absolute atomic E-state index is 2.25. The number of rotatable bonds is 3. The van der Waals surface area contributed by atoms with Gasteiger partial charge in [-0.15, -0.1) is 0 Å². The molecule has 13 heavy (non-hydrogen) atoms. The van der Waals surface area contributed by atoms with Crippen LogP contribution >= 0.6 is 21.6 Å². The Hall–Kier alpha value is -0.0800. The molecule has 2 heteroatoms. The Bertz CT molecular complexity index is 236. The van der Waals surface area contributed by atoms with Gasteiger partial charge in [-0.05, 0) is 5.56 Å². The molecule has 0 aliphatic rings. The van der Waals surface area contributed by atoms with Crippen molar-refractivity contribution in [3.05, 3.63) is 35.9 Å². The highest BCUT2D eigenvalue weighted by molar-refractivity contribution is 8.76. The van der Waals surface area contributed by atoms with Crippen LogP contribution in [0.3, 0.4) is 0 Å². The summed E-state index contributed by atoms with van der Waals surface area (Å²) >= 11 is 0. The lowest BCUT2D eigenvalue weighted by atomic mass is 10.2.